The number of carbonyl (C=O) groups is 2. The summed E-state index contributed by atoms with van der Waals surface area (Å²) in [6.45, 7) is 0. The Morgan fingerprint density at radius 3 is 2.68 bits per heavy atom. The molecule has 0 bridgehead atoms. The van der Waals surface area contributed by atoms with Crippen molar-refractivity contribution in [2.75, 3.05) is 10.6 Å². The fourth-order valence-electron chi connectivity index (χ4n) is 1.23. The molecule has 3 N–H and O–H groups in total. The lowest BCUT2D eigenvalue weighted by Crippen LogP contribution is -2.19. The highest BCUT2D eigenvalue weighted by molar-refractivity contribution is 9.10. The second kappa shape index (κ2) is 5.76. The largest absolute Gasteiger partial charge is 0.478 e. The Morgan fingerprint density at radius 2 is 2.11 bits per heavy atom. The first-order valence-corrected chi connectivity index (χ1v) is 6.60. The van der Waals surface area contributed by atoms with E-state index in [4.69, 9.17) is 5.11 Å². The van der Waals surface area contributed by atoms with Gasteiger partial charge < -0.3 is 10.4 Å². The SMILES string of the molecule is O=C(Nc1nncs1)Nc1ccc(C(=O)O)cc1Br. The molecule has 1 aromatic carbocycles. The van der Waals surface area contributed by atoms with E-state index in [-0.39, 0.29) is 5.56 Å². The van der Waals surface area contributed by atoms with Crippen molar-refractivity contribution in [3.63, 3.8) is 0 Å². The van der Waals surface area contributed by atoms with Crippen LogP contribution in [-0.2, 0) is 0 Å². The standard InChI is InChI=1S/C10H7BrN4O3S/c11-6-3-5(8(16)17)1-2-7(6)13-9(18)14-10-15-12-4-19-10/h1-4H,(H,16,17)(H2,13,14,15,18). The Kier molecular flexibility index (Phi) is 4.07. The lowest BCUT2D eigenvalue weighted by atomic mass is 10.2. The summed E-state index contributed by atoms with van der Waals surface area (Å²) in [7, 11) is 0. The summed E-state index contributed by atoms with van der Waals surface area (Å²) in [5.41, 5.74) is 2.07. The van der Waals surface area contributed by atoms with Crippen LogP contribution in [0, 0.1) is 0 Å². The summed E-state index contributed by atoms with van der Waals surface area (Å²) in [4.78, 5) is 22.4. The molecule has 1 heterocycles. The third-order valence-corrected chi connectivity index (χ3v) is 3.31. The minimum absolute atomic E-state index is 0.127. The molecule has 0 aliphatic carbocycles. The molecule has 0 fully saturated rings. The van der Waals surface area contributed by atoms with Crippen LogP contribution in [0.3, 0.4) is 0 Å². The lowest BCUT2D eigenvalue weighted by Gasteiger charge is -2.07. The molecule has 2 rings (SSSR count). The van der Waals surface area contributed by atoms with E-state index in [0.717, 1.165) is 0 Å². The number of halogens is 1. The zero-order valence-electron chi connectivity index (χ0n) is 9.25. The third kappa shape index (κ3) is 3.48. The topological polar surface area (TPSA) is 104 Å². The van der Waals surface area contributed by atoms with Gasteiger partial charge >= 0.3 is 12.0 Å². The predicted molar refractivity (Wildman–Crippen MR) is 73.7 cm³/mol. The summed E-state index contributed by atoms with van der Waals surface area (Å²) >= 11 is 4.38. The maximum atomic E-state index is 11.6. The number of carbonyl (C=O) groups excluding carboxylic acids is 1. The van der Waals surface area contributed by atoms with Crippen molar-refractivity contribution in [2.24, 2.45) is 0 Å². The van der Waals surface area contributed by atoms with E-state index in [1.807, 2.05) is 0 Å². The number of amides is 2. The summed E-state index contributed by atoms with van der Waals surface area (Å²) in [5, 5.41) is 21.5. The van der Waals surface area contributed by atoms with Gasteiger partial charge in [0.05, 0.1) is 11.3 Å². The van der Waals surface area contributed by atoms with Crippen LogP contribution in [0.25, 0.3) is 0 Å². The first-order chi connectivity index (χ1) is 9.06. The summed E-state index contributed by atoms with van der Waals surface area (Å²) in [6, 6.07) is 3.81. The van der Waals surface area contributed by atoms with E-state index in [2.05, 4.69) is 36.8 Å². The van der Waals surface area contributed by atoms with Crippen molar-refractivity contribution >= 4 is 50.1 Å². The molecule has 0 aliphatic heterocycles. The highest BCUT2D eigenvalue weighted by Crippen LogP contribution is 2.24. The molecule has 2 aromatic rings. The molecule has 9 heteroatoms. The van der Waals surface area contributed by atoms with Crippen molar-refractivity contribution in [1.29, 1.82) is 0 Å². The number of carboxylic acids is 1. The molecule has 0 saturated heterocycles. The highest BCUT2D eigenvalue weighted by Gasteiger charge is 2.10. The molecule has 7 nitrogen and oxygen atoms in total. The van der Waals surface area contributed by atoms with Gasteiger partial charge in [-0.3, -0.25) is 5.32 Å². The summed E-state index contributed by atoms with van der Waals surface area (Å²) in [5.74, 6) is -1.04. The molecule has 0 aliphatic rings. The molecule has 2 amide bonds. The number of anilines is 2. The zero-order chi connectivity index (χ0) is 13.8. The molecule has 0 unspecified atom stereocenters. The normalized spacial score (nSPS) is 9.95. The van der Waals surface area contributed by atoms with Gasteiger partial charge in [0.25, 0.3) is 0 Å². The number of aromatic carboxylic acids is 1. The molecule has 0 atom stereocenters. The Hall–Kier alpha value is -2.00. The number of urea groups is 1. The number of aromatic nitrogens is 2. The number of hydrogen-bond donors (Lipinski definition) is 3. The van der Waals surface area contributed by atoms with Gasteiger partial charge in [0.2, 0.25) is 5.13 Å². The first-order valence-electron chi connectivity index (χ1n) is 4.93. The second-order valence-electron chi connectivity index (χ2n) is 3.32. The minimum Gasteiger partial charge on any atom is -0.478 e. The van der Waals surface area contributed by atoms with Crippen LogP contribution in [-0.4, -0.2) is 27.3 Å². The number of rotatable bonds is 3. The van der Waals surface area contributed by atoms with Crippen LogP contribution in [0.4, 0.5) is 15.6 Å². The molecule has 1 aromatic heterocycles. The molecule has 0 saturated carbocycles. The average Bonchev–Trinajstić information content (AvgIpc) is 2.84. The van der Waals surface area contributed by atoms with E-state index in [1.165, 1.54) is 35.0 Å². The first kappa shape index (κ1) is 13.4. The van der Waals surface area contributed by atoms with Crippen LogP contribution >= 0.6 is 27.3 Å². The third-order valence-electron chi connectivity index (χ3n) is 2.04. The van der Waals surface area contributed by atoms with Gasteiger partial charge in [-0.1, -0.05) is 11.3 Å². The highest BCUT2D eigenvalue weighted by atomic mass is 79.9. The maximum Gasteiger partial charge on any atom is 0.335 e. The van der Waals surface area contributed by atoms with Crippen LogP contribution < -0.4 is 10.6 Å². The van der Waals surface area contributed by atoms with Crippen molar-refractivity contribution in [1.82, 2.24) is 10.2 Å². The maximum absolute atomic E-state index is 11.6. The molecule has 98 valence electrons. The van der Waals surface area contributed by atoms with Gasteiger partial charge in [-0.05, 0) is 34.1 Å². The van der Waals surface area contributed by atoms with E-state index >= 15 is 0 Å². The van der Waals surface area contributed by atoms with Gasteiger partial charge in [-0.2, -0.15) is 0 Å². The number of carboxylic acid groups (broad SMARTS) is 1. The Labute approximate surface area is 119 Å². The minimum atomic E-state index is -1.04. The van der Waals surface area contributed by atoms with Crippen molar-refractivity contribution in [3.8, 4) is 0 Å². The van der Waals surface area contributed by atoms with Crippen molar-refractivity contribution < 1.29 is 14.7 Å². The van der Waals surface area contributed by atoms with E-state index in [1.54, 1.807) is 0 Å². The van der Waals surface area contributed by atoms with Gasteiger partial charge in [0.15, 0.2) is 0 Å². The quantitative estimate of drug-likeness (QED) is 0.795. The second-order valence-corrected chi connectivity index (χ2v) is 5.01. The van der Waals surface area contributed by atoms with Crippen LogP contribution in [0.2, 0.25) is 0 Å². The number of hydrogen-bond acceptors (Lipinski definition) is 5. The van der Waals surface area contributed by atoms with E-state index in [9.17, 15) is 9.59 Å². The Bertz CT molecular complexity index is 617. The molecule has 0 radical (unpaired) electrons. The van der Waals surface area contributed by atoms with Gasteiger partial charge in [0, 0.05) is 4.47 Å². The van der Waals surface area contributed by atoms with Gasteiger partial charge in [-0.25, -0.2) is 9.59 Å². The molecule has 0 spiro atoms. The number of nitrogens with zero attached hydrogens (tertiary/aromatic N) is 2. The fourth-order valence-corrected chi connectivity index (χ4v) is 2.15. The monoisotopic (exact) mass is 342 g/mol. The van der Waals surface area contributed by atoms with Gasteiger partial charge in [-0.15, -0.1) is 10.2 Å². The molecular formula is C10H7BrN4O3S. The van der Waals surface area contributed by atoms with Crippen LogP contribution in [0.5, 0.6) is 0 Å². The smallest absolute Gasteiger partial charge is 0.335 e. The van der Waals surface area contributed by atoms with E-state index in [0.29, 0.717) is 15.3 Å². The number of nitrogens with one attached hydrogen (secondary N) is 2. The van der Waals surface area contributed by atoms with Gasteiger partial charge in [0.1, 0.15) is 5.51 Å². The van der Waals surface area contributed by atoms with Crippen LogP contribution in [0.1, 0.15) is 10.4 Å². The lowest BCUT2D eigenvalue weighted by molar-refractivity contribution is 0.0697. The Morgan fingerprint density at radius 1 is 1.32 bits per heavy atom. The molecular weight excluding hydrogens is 336 g/mol. The van der Waals surface area contributed by atoms with Crippen molar-refractivity contribution in [2.45, 2.75) is 0 Å². The van der Waals surface area contributed by atoms with E-state index < -0.39 is 12.0 Å². The van der Waals surface area contributed by atoms with Crippen LogP contribution in [0.15, 0.2) is 28.2 Å². The van der Waals surface area contributed by atoms with Crippen molar-refractivity contribution in [3.05, 3.63) is 33.7 Å². The fraction of sp³-hybridized carbons (Fsp3) is 0. The number of benzene rings is 1. The summed E-state index contributed by atoms with van der Waals surface area (Å²) in [6.07, 6.45) is 0. The summed E-state index contributed by atoms with van der Waals surface area (Å²) < 4.78 is 0.472. The predicted octanol–water partition coefficient (Wildman–Crippen LogP) is 2.64. The Balaban J connectivity index is 2.07. The molecule has 19 heavy (non-hydrogen) atoms. The average molecular weight is 343 g/mol. The zero-order valence-corrected chi connectivity index (χ0v) is 11.7.